The van der Waals surface area contributed by atoms with Crippen LogP contribution in [0.15, 0.2) is 24.5 Å². The molecular formula is C14H17ClN4. The van der Waals surface area contributed by atoms with E-state index in [4.69, 9.17) is 11.6 Å². The Morgan fingerprint density at radius 2 is 2.11 bits per heavy atom. The number of hydrogen-bond acceptors (Lipinski definition) is 3. The Kier molecular flexibility index (Phi) is 3.27. The summed E-state index contributed by atoms with van der Waals surface area (Å²) in [6.45, 7) is 2.98. The van der Waals surface area contributed by atoms with Crippen LogP contribution in [0.5, 0.6) is 0 Å². The minimum atomic E-state index is 0.219. The first-order valence-electron chi connectivity index (χ1n) is 6.67. The van der Waals surface area contributed by atoms with Crippen LogP contribution >= 0.6 is 11.6 Å². The summed E-state index contributed by atoms with van der Waals surface area (Å²) >= 11 is 5.78. The summed E-state index contributed by atoms with van der Waals surface area (Å²) in [6, 6.07) is 3.76. The maximum absolute atomic E-state index is 5.78. The SMILES string of the molecule is CC1(c2cn(Cc3ccc(Cl)nc3)nn2)CCCC1. The maximum Gasteiger partial charge on any atom is 0.129 e. The summed E-state index contributed by atoms with van der Waals surface area (Å²) in [7, 11) is 0. The number of rotatable bonds is 3. The molecule has 1 aliphatic rings. The first-order chi connectivity index (χ1) is 9.16. The average molecular weight is 277 g/mol. The fourth-order valence-corrected chi connectivity index (χ4v) is 2.86. The van der Waals surface area contributed by atoms with E-state index in [9.17, 15) is 0 Å². The van der Waals surface area contributed by atoms with Crippen LogP contribution in [0.3, 0.4) is 0 Å². The first kappa shape index (κ1) is 12.6. The Labute approximate surface area is 117 Å². The zero-order chi connectivity index (χ0) is 13.3. The van der Waals surface area contributed by atoms with E-state index >= 15 is 0 Å². The lowest BCUT2D eigenvalue weighted by Gasteiger charge is -2.19. The second kappa shape index (κ2) is 4.93. The third-order valence-corrected chi connectivity index (χ3v) is 4.22. The summed E-state index contributed by atoms with van der Waals surface area (Å²) in [5.41, 5.74) is 2.42. The van der Waals surface area contributed by atoms with Crippen LogP contribution in [0, 0.1) is 0 Å². The standard InChI is InChI=1S/C14H17ClN4/c1-14(6-2-3-7-14)12-10-19(18-17-12)9-11-4-5-13(15)16-8-11/h4-5,8,10H,2-3,6-7,9H2,1H3. The van der Waals surface area contributed by atoms with Gasteiger partial charge in [-0.05, 0) is 24.5 Å². The van der Waals surface area contributed by atoms with Crippen molar-refractivity contribution in [3.63, 3.8) is 0 Å². The predicted molar refractivity (Wildman–Crippen MR) is 74.2 cm³/mol. The highest BCUT2D eigenvalue weighted by Gasteiger charge is 2.33. The molecule has 4 nitrogen and oxygen atoms in total. The molecule has 0 unspecified atom stereocenters. The highest BCUT2D eigenvalue weighted by Crippen LogP contribution is 2.39. The molecule has 3 rings (SSSR count). The highest BCUT2D eigenvalue weighted by atomic mass is 35.5. The van der Waals surface area contributed by atoms with Crippen molar-refractivity contribution in [2.45, 2.75) is 44.6 Å². The molecule has 2 heterocycles. The van der Waals surface area contributed by atoms with Crippen molar-refractivity contribution < 1.29 is 0 Å². The summed E-state index contributed by atoms with van der Waals surface area (Å²) in [4.78, 5) is 4.08. The third kappa shape index (κ3) is 2.63. The average Bonchev–Trinajstić information content (AvgIpc) is 3.02. The predicted octanol–water partition coefficient (Wildman–Crippen LogP) is 3.21. The van der Waals surface area contributed by atoms with Gasteiger partial charge in [-0.15, -0.1) is 5.10 Å². The zero-order valence-electron chi connectivity index (χ0n) is 11.0. The van der Waals surface area contributed by atoms with Crippen molar-refractivity contribution in [1.29, 1.82) is 0 Å². The molecule has 0 radical (unpaired) electrons. The zero-order valence-corrected chi connectivity index (χ0v) is 11.8. The quantitative estimate of drug-likeness (QED) is 0.809. The molecule has 2 aromatic rings. The number of aromatic nitrogens is 4. The summed E-state index contributed by atoms with van der Waals surface area (Å²) < 4.78 is 1.88. The summed E-state index contributed by atoms with van der Waals surface area (Å²) in [5, 5.41) is 9.10. The van der Waals surface area contributed by atoms with Gasteiger partial charge >= 0.3 is 0 Å². The second-order valence-corrected chi connectivity index (χ2v) is 5.95. The van der Waals surface area contributed by atoms with Gasteiger partial charge in [-0.3, -0.25) is 0 Å². The fourth-order valence-electron chi connectivity index (χ4n) is 2.75. The molecular weight excluding hydrogens is 260 g/mol. The molecule has 0 bridgehead atoms. The van der Waals surface area contributed by atoms with Gasteiger partial charge in [0, 0.05) is 17.8 Å². The smallest absolute Gasteiger partial charge is 0.129 e. The molecule has 0 aliphatic heterocycles. The Bertz CT molecular complexity index is 555. The Morgan fingerprint density at radius 1 is 1.32 bits per heavy atom. The Morgan fingerprint density at radius 3 is 2.79 bits per heavy atom. The van der Waals surface area contributed by atoms with Crippen molar-refractivity contribution in [3.8, 4) is 0 Å². The number of nitrogens with zero attached hydrogens (tertiary/aromatic N) is 4. The van der Waals surface area contributed by atoms with Crippen molar-refractivity contribution in [3.05, 3.63) is 40.9 Å². The lowest BCUT2D eigenvalue weighted by atomic mass is 9.86. The number of hydrogen-bond donors (Lipinski definition) is 0. The Hall–Kier alpha value is -1.42. The van der Waals surface area contributed by atoms with E-state index < -0.39 is 0 Å². The van der Waals surface area contributed by atoms with E-state index in [1.54, 1.807) is 12.3 Å². The van der Waals surface area contributed by atoms with Gasteiger partial charge in [-0.2, -0.15) is 0 Å². The van der Waals surface area contributed by atoms with Crippen molar-refractivity contribution in [2.24, 2.45) is 0 Å². The molecule has 1 fully saturated rings. The van der Waals surface area contributed by atoms with Gasteiger partial charge < -0.3 is 0 Å². The van der Waals surface area contributed by atoms with Gasteiger partial charge in [0.25, 0.3) is 0 Å². The lowest BCUT2D eigenvalue weighted by molar-refractivity contribution is 0.475. The van der Waals surface area contributed by atoms with Crippen LogP contribution in [-0.2, 0) is 12.0 Å². The largest absolute Gasteiger partial charge is 0.248 e. The van der Waals surface area contributed by atoms with Crippen LogP contribution < -0.4 is 0 Å². The van der Waals surface area contributed by atoms with Gasteiger partial charge in [0.1, 0.15) is 5.15 Å². The molecule has 2 aromatic heterocycles. The van der Waals surface area contributed by atoms with Gasteiger partial charge in [0.05, 0.1) is 12.2 Å². The molecule has 5 heteroatoms. The van der Waals surface area contributed by atoms with E-state index in [1.807, 2.05) is 10.7 Å². The highest BCUT2D eigenvalue weighted by molar-refractivity contribution is 6.29. The Balaban J connectivity index is 1.76. The van der Waals surface area contributed by atoms with Gasteiger partial charge in [-0.1, -0.05) is 42.6 Å². The van der Waals surface area contributed by atoms with Gasteiger partial charge in [-0.25, -0.2) is 9.67 Å². The molecule has 19 heavy (non-hydrogen) atoms. The lowest BCUT2D eigenvalue weighted by Crippen LogP contribution is -2.17. The topological polar surface area (TPSA) is 43.6 Å². The normalized spacial score (nSPS) is 17.8. The monoisotopic (exact) mass is 276 g/mol. The molecule has 0 saturated heterocycles. The van der Waals surface area contributed by atoms with Crippen molar-refractivity contribution in [1.82, 2.24) is 20.0 Å². The summed E-state index contributed by atoms with van der Waals surface area (Å²) in [5.74, 6) is 0. The van der Waals surface area contributed by atoms with Crippen LogP contribution in [0.1, 0.15) is 43.9 Å². The van der Waals surface area contributed by atoms with E-state index in [2.05, 4.69) is 28.4 Å². The van der Waals surface area contributed by atoms with Crippen molar-refractivity contribution in [2.75, 3.05) is 0 Å². The second-order valence-electron chi connectivity index (χ2n) is 5.56. The maximum atomic E-state index is 5.78. The molecule has 0 spiro atoms. The fraction of sp³-hybridized carbons (Fsp3) is 0.500. The number of pyridine rings is 1. The van der Waals surface area contributed by atoms with Crippen molar-refractivity contribution >= 4 is 11.6 Å². The summed E-state index contributed by atoms with van der Waals surface area (Å²) in [6.07, 6.45) is 8.87. The minimum Gasteiger partial charge on any atom is -0.248 e. The van der Waals surface area contributed by atoms with Crippen LogP contribution in [-0.4, -0.2) is 20.0 Å². The molecule has 0 atom stereocenters. The third-order valence-electron chi connectivity index (χ3n) is 4.00. The number of halogens is 1. The first-order valence-corrected chi connectivity index (χ1v) is 7.05. The molecule has 0 N–H and O–H groups in total. The molecule has 0 amide bonds. The molecule has 0 aromatic carbocycles. The van der Waals surface area contributed by atoms with E-state index in [1.165, 1.54) is 25.7 Å². The van der Waals surface area contributed by atoms with Gasteiger partial charge in [0.2, 0.25) is 0 Å². The molecule has 1 saturated carbocycles. The molecule has 100 valence electrons. The van der Waals surface area contributed by atoms with E-state index in [-0.39, 0.29) is 5.41 Å². The van der Waals surface area contributed by atoms with Crippen LogP contribution in [0.25, 0.3) is 0 Å². The van der Waals surface area contributed by atoms with E-state index in [0.717, 1.165) is 11.3 Å². The van der Waals surface area contributed by atoms with Gasteiger partial charge in [0.15, 0.2) is 0 Å². The van der Waals surface area contributed by atoms with Crippen LogP contribution in [0.2, 0.25) is 5.15 Å². The van der Waals surface area contributed by atoms with Crippen LogP contribution in [0.4, 0.5) is 0 Å². The minimum absolute atomic E-state index is 0.219. The molecule has 1 aliphatic carbocycles. The van der Waals surface area contributed by atoms with E-state index in [0.29, 0.717) is 11.7 Å².